The monoisotopic (exact) mass is 135 g/mol. The molecule has 4 heteroatoms. The van der Waals surface area contributed by atoms with Crippen LogP contribution in [0.5, 0.6) is 0 Å². The molecular weight excluding hydrogens is 130 g/mol. The highest BCUT2D eigenvalue weighted by Gasteiger charge is 2.08. The van der Waals surface area contributed by atoms with Crippen molar-refractivity contribution in [3.05, 3.63) is 18.9 Å². The first-order chi connectivity index (χ1) is 4.88. The Kier molecular flexibility index (Phi) is 0.887. The Morgan fingerprint density at radius 3 is 3.10 bits per heavy atom. The van der Waals surface area contributed by atoms with Gasteiger partial charge >= 0.3 is 0 Å². The van der Waals surface area contributed by atoms with Crippen LogP contribution >= 0.6 is 0 Å². The van der Waals surface area contributed by atoms with E-state index in [2.05, 4.69) is 9.97 Å². The molecule has 0 aromatic carbocycles. The Labute approximate surface area is 57.0 Å². The molecule has 2 N–H and O–H groups in total. The van der Waals surface area contributed by atoms with Gasteiger partial charge in [0.2, 0.25) is 0 Å². The lowest BCUT2D eigenvalue weighted by Gasteiger charge is -1.92. The highest BCUT2D eigenvalue weighted by atomic mass is 16.3. The lowest BCUT2D eigenvalue weighted by molar-refractivity contribution is 0.529. The summed E-state index contributed by atoms with van der Waals surface area (Å²) in [5.74, 6) is 0.628. The van der Waals surface area contributed by atoms with Gasteiger partial charge in [-0.3, -0.25) is 0 Å². The van der Waals surface area contributed by atoms with Gasteiger partial charge in [0.05, 0.1) is 17.4 Å². The van der Waals surface area contributed by atoms with Gasteiger partial charge in [0.1, 0.15) is 6.26 Å². The molecule has 0 unspecified atom stereocenters. The van der Waals surface area contributed by atoms with Crippen molar-refractivity contribution in [3.8, 4) is 11.4 Å². The van der Waals surface area contributed by atoms with E-state index in [9.17, 15) is 0 Å². The van der Waals surface area contributed by atoms with Crippen LogP contribution in [-0.4, -0.2) is 9.97 Å². The minimum Gasteiger partial charge on any atom is -0.452 e. The van der Waals surface area contributed by atoms with E-state index in [1.807, 2.05) is 0 Å². The summed E-state index contributed by atoms with van der Waals surface area (Å²) in [5.41, 5.74) is 6.88. The van der Waals surface area contributed by atoms with Crippen molar-refractivity contribution < 1.29 is 4.42 Å². The van der Waals surface area contributed by atoms with Crippen molar-refractivity contribution in [3.63, 3.8) is 0 Å². The predicted octanol–water partition coefficient (Wildman–Crippen LogP) is 0.757. The molecule has 0 atom stereocenters. The zero-order valence-corrected chi connectivity index (χ0v) is 5.11. The topological polar surface area (TPSA) is 64.9 Å². The molecule has 4 nitrogen and oxygen atoms in total. The second-order valence-corrected chi connectivity index (χ2v) is 1.94. The first-order valence-corrected chi connectivity index (χ1v) is 2.80. The molecular formula is C6H5N3O. The minimum atomic E-state index is 0.604. The third-order valence-corrected chi connectivity index (χ3v) is 1.30. The molecule has 0 spiro atoms. The number of nitrogens with two attached hydrogens (primary N) is 1. The van der Waals surface area contributed by atoms with E-state index in [-0.39, 0.29) is 0 Å². The fourth-order valence-electron chi connectivity index (χ4n) is 0.801. The van der Waals surface area contributed by atoms with Crippen LogP contribution in [0.3, 0.4) is 0 Å². The van der Waals surface area contributed by atoms with Gasteiger partial charge in [-0.2, -0.15) is 4.98 Å². The van der Waals surface area contributed by atoms with E-state index in [1.165, 1.54) is 12.7 Å². The van der Waals surface area contributed by atoms with E-state index < -0.39 is 0 Å². The zero-order chi connectivity index (χ0) is 6.97. The van der Waals surface area contributed by atoms with Gasteiger partial charge in [-0.25, -0.2) is 4.98 Å². The summed E-state index contributed by atoms with van der Waals surface area (Å²) in [6.45, 7) is 0. The summed E-state index contributed by atoms with van der Waals surface area (Å²) in [6.07, 6.45) is 4.42. The normalized spacial score (nSPS) is 10.4. The summed E-state index contributed by atoms with van der Waals surface area (Å²) in [6, 6.07) is 0. The molecule has 10 heavy (non-hydrogen) atoms. The average Bonchev–Trinajstić information content (AvgIpc) is 2.34. The molecule has 0 aromatic heterocycles. The number of hydrogen-bond acceptors (Lipinski definition) is 4. The molecule has 0 radical (unpaired) electrons. The molecule has 2 rings (SSSR count). The third-order valence-electron chi connectivity index (χ3n) is 1.30. The van der Waals surface area contributed by atoms with Crippen LogP contribution in [0.25, 0.3) is 11.4 Å². The van der Waals surface area contributed by atoms with Crippen LogP contribution in [0.2, 0.25) is 0 Å². The highest BCUT2D eigenvalue weighted by molar-refractivity contribution is 5.71. The fourth-order valence-corrected chi connectivity index (χ4v) is 0.801. The first-order valence-electron chi connectivity index (χ1n) is 2.80. The van der Waals surface area contributed by atoms with Crippen molar-refractivity contribution in [1.29, 1.82) is 0 Å². The van der Waals surface area contributed by atoms with Crippen molar-refractivity contribution in [2.24, 2.45) is 0 Å². The van der Waals surface area contributed by atoms with Crippen molar-refractivity contribution in [1.82, 2.24) is 9.97 Å². The Morgan fingerprint density at radius 2 is 2.30 bits per heavy atom. The molecule has 50 valence electrons. The van der Waals surface area contributed by atoms with Gasteiger partial charge in [0, 0.05) is 0 Å². The molecule has 2 aliphatic rings. The summed E-state index contributed by atoms with van der Waals surface area (Å²) in [5, 5.41) is 0. The van der Waals surface area contributed by atoms with Gasteiger partial charge in [-0.05, 0) is 0 Å². The smallest absolute Gasteiger partial charge is 0.182 e. The number of nitrogens with zero attached hydrogens (tertiary/aromatic N) is 2. The molecule has 0 aliphatic carbocycles. The summed E-state index contributed by atoms with van der Waals surface area (Å²) in [7, 11) is 0. The standard InChI is InChI=1S/C6H5N3O/c7-5-1-8-6-4(5)2-10-3-9-6/h1-3H,7H2. The maximum atomic E-state index is 5.51. The van der Waals surface area contributed by atoms with Gasteiger partial charge in [-0.15, -0.1) is 0 Å². The summed E-state index contributed by atoms with van der Waals surface area (Å²) >= 11 is 0. The van der Waals surface area contributed by atoms with E-state index in [0.29, 0.717) is 11.5 Å². The number of anilines is 1. The Balaban J connectivity index is 2.78. The number of rotatable bonds is 0. The second kappa shape index (κ2) is 1.70. The molecule has 2 heterocycles. The van der Waals surface area contributed by atoms with Crippen LogP contribution in [-0.2, 0) is 0 Å². The molecule has 0 saturated carbocycles. The number of aromatic nitrogens is 2. The molecule has 0 bridgehead atoms. The third kappa shape index (κ3) is 0.556. The highest BCUT2D eigenvalue weighted by Crippen LogP contribution is 2.23. The van der Waals surface area contributed by atoms with Crippen LogP contribution in [0.1, 0.15) is 0 Å². The lowest BCUT2D eigenvalue weighted by atomic mass is 10.3. The van der Waals surface area contributed by atoms with Gasteiger partial charge < -0.3 is 10.2 Å². The summed E-state index contributed by atoms with van der Waals surface area (Å²) < 4.78 is 4.80. The second-order valence-electron chi connectivity index (χ2n) is 1.94. The van der Waals surface area contributed by atoms with Crippen LogP contribution in [0, 0.1) is 0 Å². The largest absolute Gasteiger partial charge is 0.452 e. The molecule has 0 aromatic rings. The van der Waals surface area contributed by atoms with Crippen LogP contribution < -0.4 is 5.73 Å². The van der Waals surface area contributed by atoms with Crippen molar-refractivity contribution >= 4 is 5.69 Å². The van der Waals surface area contributed by atoms with Crippen molar-refractivity contribution in [2.75, 3.05) is 5.73 Å². The Hall–Kier alpha value is -1.58. The predicted molar refractivity (Wildman–Crippen MR) is 35.3 cm³/mol. The first kappa shape index (κ1) is 5.22. The van der Waals surface area contributed by atoms with Crippen LogP contribution in [0.4, 0.5) is 5.69 Å². The van der Waals surface area contributed by atoms with Gasteiger partial charge in [-0.1, -0.05) is 0 Å². The molecule has 0 amide bonds. The van der Waals surface area contributed by atoms with Crippen molar-refractivity contribution in [2.45, 2.75) is 0 Å². The lowest BCUT2D eigenvalue weighted by Crippen LogP contribution is -1.85. The molecule has 2 aliphatic heterocycles. The Bertz CT molecular complexity index is 317. The number of hydrogen-bond donors (Lipinski definition) is 1. The fraction of sp³-hybridized carbons (Fsp3) is 0. The van der Waals surface area contributed by atoms with Crippen LogP contribution in [0.15, 0.2) is 23.3 Å². The van der Waals surface area contributed by atoms with Gasteiger partial charge in [0.15, 0.2) is 12.2 Å². The average molecular weight is 135 g/mol. The summed E-state index contributed by atoms with van der Waals surface area (Å²) in [4.78, 5) is 7.77. The molecule has 0 saturated heterocycles. The zero-order valence-electron chi connectivity index (χ0n) is 5.11. The van der Waals surface area contributed by atoms with E-state index in [0.717, 1.165) is 5.56 Å². The van der Waals surface area contributed by atoms with Gasteiger partial charge in [0.25, 0.3) is 0 Å². The number of nitrogen functional groups attached to an aromatic ring is 1. The van der Waals surface area contributed by atoms with E-state index >= 15 is 0 Å². The quantitative estimate of drug-likeness (QED) is 0.579. The maximum absolute atomic E-state index is 5.51. The molecule has 0 fully saturated rings. The Morgan fingerprint density at radius 1 is 1.40 bits per heavy atom. The van der Waals surface area contributed by atoms with E-state index in [1.54, 1.807) is 6.20 Å². The SMILES string of the molecule is Nc1cnc2ncocc1-2. The number of fused-ring (bicyclic) bond motifs is 1. The minimum absolute atomic E-state index is 0.604. The van der Waals surface area contributed by atoms with E-state index in [4.69, 9.17) is 10.2 Å². The maximum Gasteiger partial charge on any atom is 0.182 e.